The molecule has 0 aliphatic carbocycles. The van der Waals surface area contributed by atoms with Crippen LogP contribution in [0.1, 0.15) is 0 Å². The van der Waals surface area contributed by atoms with E-state index in [0.717, 1.165) is 0 Å². The molecule has 0 bridgehead atoms. The SMILES string of the molecule is [AlH2][SiH3].[CaH2].[MgH2].[NaH]. The average Bonchev–Trinajstić information content (AvgIpc) is 1.00. The van der Waals surface area contributed by atoms with Crippen molar-refractivity contribution in [3.63, 3.8) is 0 Å². The minimum absolute atomic E-state index is 0. The summed E-state index contributed by atoms with van der Waals surface area (Å²) in [6.45, 7) is 0. The van der Waals surface area contributed by atoms with Gasteiger partial charge >= 0.3 is 90.3 Å². The molecule has 0 radical (unpaired) electrons. The maximum atomic E-state index is 1.44. The third-order valence-corrected chi connectivity index (χ3v) is 0. The molecule has 5 heteroatoms. The molecule has 0 aliphatic heterocycles. The van der Waals surface area contributed by atoms with E-state index in [2.05, 4.69) is 0 Å². The van der Waals surface area contributed by atoms with Crippen molar-refractivity contribution in [2.45, 2.75) is 0 Å². The molecule has 0 aliphatic rings. The van der Waals surface area contributed by atoms with Gasteiger partial charge in [0.1, 0.15) is 0 Å². The Labute approximate surface area is 112 Å². The van der Waals surface area contributed by atoms with Crippen LogP contribution in [0.5, 0.6) is 0 Å². The molecule has 0 rings (SSSR count). The summed E-state index contributed by atoms with van der Waals surface area (Å²) in [5.41, 5.74) is 0. The first kappa shape index (κ1) is 23.3. The Morgan fingerprint density at radius 3 is 1.20 bits per heavy atom. The van der Waals surface area contributed by atoms with Crippen molar-refractivity contribution >= 4 is 115 Å². The van der Waals surface area contributed by atoms with Crippen molar-refractivity contribution in [1.29, 1.82) is 0 Å². The van der Waals surface area contributed by atoms with Crippen LogP contribution in [0.2, 0.25) is 0 Å². The first-order valence-electron chi connectivity index (χ1n) is 1.00. The van der Waals surface area contributed by atoms with Gasteiger partial charge in [0.2, 0.25) is 0 Å². The predicted octanol–water partition coefficient (Wildman–Crippen LogP) is -4.58. The molecule has 0 aromatic carbocycles. The molecular weight excluding hydrogens is 142 g/mol. The van der Waals surface area contributed by atoms with Crippen molar-refractivity contribution in [2.75, 3.05) is 0 Å². The summed E-state index contributed by atoms with van der Waals surface area (Å²) in [6.07, 6.45) is 0. The van der Waals surface area contributed by atoms with E-state index in [1.807, 2.05) is 0 Å². The molecule has 0 fully saturated rings. The Bertz CT molecular complexity index is 11.6. The first-order chi connectivity index (χ1) is 1.00. The van der Waals surface area contributed by atoms with Crippen molar-refractivity contribution in [2.24, 2.45) is 0 Å². The normalized spacial score (nSPS) is 1.60. The van der Waals surface area contributed by atoms with E-state index in [0.29, 0.717) is 0 Å². The summed E-state index contributed by atoms with van der Waals surface area (Å²) in [7, 11) is 1.44. The zero-order valence-electron chi connectivity index (χ0n) is 2.00. The van der Waals surface area contributed by atoms with E-state index >= 15 is 0 Å². The molecule has 0 heterocycles. The van der Waals surface area contributed by atoms with E-state index in [9.17, 15) is 0 Å². The molecule has 0 saturated carbocycles. The van der Waals surface area contributed by atoms with E-state index in [-0.39, 0.29) is 90.3 Å². The van der Waals surface area contributed by atoms with Crippen LogP contribution in [-0.2, 0) is 0 Å². The topological polar surface area (TPSA) is 0 Å². The Hall–Kier alpha value is 3.78. The van der Waals surface area contributed by atoms with Crippen molar-refractivity contribution in [1.82, 2.24) is 0 Å². The van der Waals surface area contributed by atoms with Crippen LogP contribution in [0.25, 0.3) is 0 Å². The zero-order chi connectivity index (χ0) is 2.00. The molecule has 0 spiro atoms. The van der Waals surface area contributed by atoms with E-state index in [1.165, 1.54) is 24.4 Å². The molecule has 0 N–H and O–H groups in total. The second-order valence-electron chi connectivity index (χ2n) is 0. The minimum atomic E-state index is 0. The number of rotatable bonds is 0. The van der Waals surface area contributed by atoms with Gasteiger partial charge < -0.3 is 0 Å². The third kappa shape index (κ3) is 18.2. The summed E-state index contributed by atoms with van der Waals surface area (Å²) in [5, 5.41) is 0. The van der Waals surface area contributed by atoms with Crippen LogP contribution >= 0.6 is 0 Å². The number of hydrogen-bond acceptors (Lipinski definition) is 0. The third-order valence-electron chi connectivity index (χ3n) is 0. The van der Waals surface area contributed by atoms with Gasteiger partial charge in [-0.25, -0.2) is 0 Å². The molecule has 22 valence electrons. The Morgan fingerprint density at radius 2 is 1.20 bits per heavy atom. The van der Waals surface area contributed by atoms with Crippen LogP contribution in [0.15, 0.2) is 0 Å². The quantitative estimate of drug-likeness (QED) is 0.307. The maximum absolute atomic E-state index is 1.44. The summed E-state index contributed by atoms with van der Waals surface area (Å²) in [4.78, 5) is 0. The van der Waals surface area contributed by atoms with Crippen LogP contribution in [-0.4, -0.2) is 115 Å². The summed E-state index contributed by atoms with van der Waals surface area (Å²) >= 11 is 1.44. The van der Waals surface area contributed by atoms with E-state index in [4.69, 9.17) is 0 Å². The van der Waals surface area contributed by atoms with Crippen LogP contribution in [0.4, 0.5) is 0 Å². The molecule has 0 unspecified atom stereocenters. The van der Waals surface area contributed by atoms with Crippen molar-refractivity contribution in [3.05, 3.63) is 0 Å². The fourth-order valence-corrected chi connectivity index (χ4v) is 0. The van der Waals surface area contributed by atoms with Crippen molar-refractivity contribution in [3.8, 4) is 0 Å². The van der Waals surface area contributed by atoms with Gasteiger partial charge in [-0.15, -0.1) is 0 Å². The van der Waals surface area contributed by atoms with Crippen molar-refractivity contribution < 1.29 is 0 Å². The molecule has 0 nitrogen and oxygen atoms in total. The standard InChI is InChI=1S/Al.Ca.Mg.Na.H3Si.7H/h;;;;1H3;;;;;;;. The molecule has 0 atom stereocenters. The molecule has 0 aromatic heterocycles. The fourth-order valence-electron chi connectivity index (χ4n) is 0. The average molecular weight is 153 g/mol. The van der Waals surface area contributed by atoms with Crippen LogP contribution < -0.4 is 0 Å². The molecular formula is H10AlCaMgNaSi. The monoisotopic (exact) mass is 152 g/mol. The van der Waals surface area contributed by atoms with Gasteiger partial charge in [-0.05, 0) is 0 Å². The Morgan fingerprint density at radius 1 is 1.20 bits per heavy atom. The van der Waals surface area contributed by atoms with Crippen LogP contribution in [0, 0.1) is 0 Å². The second kappa shape index (κ2) is 25.0. The molecule has 0 amide bonds. The summed E-state index contributed by atoms with van der Waals surface area (Å²) in [6, 6.07) is 0. The fraction of sp³-hybridized carbons (Fsp3) is 0. The summed E-state index contributed by atoms with van der Waals surface area (Å²) < 4.78 is 0. The first-order valence-corrected chi connectivity index (χ1v) is 9.00. The summed E-state index contributed by atoms with van der Waals surface area (Å²) in [5.74, 6) is 0. The predicted molar refractivity (Wildman–Crippen MR) is 42.7 cm³/mol. The molecule has 5 heavy (non-hydrogen) atoms. The van der Waals surface area contributed by atoms with Gasteiger partial charge in [-0.3, -0.25) is 0 Å². The second-order valence-corrected chi connectivity index (χ2v) is 0. The van der Waals surface area contributed by atoms with Gasteiger partial charge in [0.15, 0.2) is 15.6 Å². The zero-order valence-corrected chi connectivity index (χ0v) is 6.00. The van der Waals surface area contributed by atoms with Gasteiger partial charge in [-0.2, -0.15) is 0 Å². The Kier molecular flexibility index (Phi) is 117. The molecule has 0 saturated heterocycles. The van der Waals surface area contributed by atoms with Gasteiger partial charge in [0.25, 0.3) is 0 Å². The van der Waals surface area contributed by atoms with Gasteiger partial charge in [-0.1, -0.05) is 8.80 Å². The molecule has 0 aromatic rings. The van der Waals surface area contributed by atoms with E-state index < -0.39 is 0 Å². The number of hydrogen-bond donors (Lipinski definition) is 0. The van der Waals surface area contributed by atoms with Gasteiger partial charge in [0, 0.05) is 0 Å². The Balaban J connectivity index is -0.00000000167. The van der Waals surface area contributed by atoms with Crippen LogP contribution in [0.3, 0.4) is 0 Å². The van der Waals surface area contributed by atoms with Gasteiger partial charge in [0.05, 0.1) is 0 Å². The van der Waals surface area contributed by atoms with E-state index in [1.54, 1.807) is 0 Å².